The van der Waals surface area contributed by atoms with Crippen LogP contribution in [0.3, 0.4) is 0 Å². The van der Waals surface area contributed by atoms with Gasteiger partial charge in [-0.3, -0.25) is 14.5 Å². The highest BCUT2D eigenvalue weighted by Crippen LogP contribution is 2.29. The molecule has 5 rings (SSSR count). The summed E-state index contributed by atoms with van der Waals surface area (Å²) in [7, 11) is 1.90. The van der Waals surface area contributed by atoms with Gasteiger partial charge in [0.25, 0.3) is 0 Å². The maximum Gasteiger partial charge on any atom is 0.248 e. The first-order valence-corrected chi connectivity index (χ1v) is 11.1. The average molecular weight is 471 g/mol. The molecule has 1 amide bonds. The van der Waals surface area contributed by atoms with E-state index in [1.807, 2.05) is 54.3 Å². The Morgan fingerprint density at radius 1 is 1.03 bits per heavy atom. The molecule has 3 heterocycles. The second-order valence-corrected chi connectivity index (χ2v) is 8.88. The van der Waals surface area contributed by atoms with Crippen molar-refractivity contribution in [2.45, 2.75) is 12.5 Å². The fourth-order valence-corrected chi connectivity index (χ4v) is 4.01. The first-order valence-electron chi connectivity index (χ1n) is 10.7. The van der Waals surface area contributed by atoms with Gasteiger partial charge in [0.05, 0.1) is 17.4 Å². The normalized spacial score (nSPS) is 13.1. The van der Waals surface area contributed by atoms with Gasteiger partial charge in [0, 0.05) is 59.2 Å². The van der Waals surface area contributed by atoms with Crippen LogP contribution in [0.5, 0.6) is 0 Å². The number of nitrogens with two attached hydrogens (primary N) is 1. The van der Waals surface area contributed by atoms with Crippen LogP contribution >= 0.6 is 11.6 Å². The number of fused-ring (bicyclic) bond motifs is 1. The highest BCUT2D eigenvalue weighted by Gasteiger charge is 2.30. The van der Waals surface area contributed by atoms with Crippen LogP contribution in [0.2, 0.25) is 5.02 Å². The van der Waals surface area contributed by atoms with E-state index >= 15 is 0 Å². The molecular weight excluding hydrogens is 448 g/mol. The van der Waals surface area contributed by atoms with E-state index in [2.05, 4.69) is 27.7 Å². The molecule has 170 valence electrons. The molecule has 0 unspecified atom stereocenters. The van der Waals surface area contributed by atoms with Crippen molar-refractivity contribution >= 4 is 28.7 Å². The third-order valence-corrected chi connectivity index (χ3v) is 6.14. The number of aryl methyl sites for hydroxylation is 1. The standard InChI is InChI=1S/C26H23ClN6O/c1-26(28,20-5-7-21(27)8-6-20)25(34)31-22-9-3-17(4-10-22)24-23-13-18(16-33(23)12-11-29-24)19-14-30-32(2)15-19/h3-16H,28H2,1-2H3,(H,31,34)/t26-/m1/s1. The first-order chi connectivity index (χ1) is 16.3. The van der Waals surface area contributed by atoms with Crippen molar-refractivity contribution in [2.24, 2.45) is 12.8 Å². The van der Waals surface area contributed by atoms with Crippen LogP contribution in [0.25, 0.3) is 27.9 Å². The molecule has 0 fully saturated rings. The van der Waals surface area contributed by atoms with Gasteiger partial charge in [0.2, 0.25) is 5.91 Å². The monoisotopic (exact) mass is 470 g/mol. The molecule has 1 atom stereocenters. The number of rotatable bonds is 5. The number of hydrogen-bond donors (Lipinski definition) is 2. The Labute approximate surface area is 201 Å². The fourth-order valence-electron chi connectivity index (χ4n) is 3.89. The molecule has 0 radical (unpaired) electrons. The molecule has 0 saturated carbocycles. The number of benzene rings is 2. The highest BCUT2D eigenvalue weighted by molar-refractivity contribution is 6.30. The lowest BCUT2D eigenvalue weighted by atomic mass is 9.92. The van der Waals surface area contributed by atoms with Crippen LogP contribution in [0.15, 0.2) is 85.6 Å². The third-order valence-electron chi connectivity index (χ3n) is 5.89. The Hall–Kier alpha value is -3.94. The van der Waals surface area contributed by atoms with Crippen molar-refractivity contribution in [1.82, 2.24) is 19.2 Å². The second kappa shape index (κ2) is 8.44. The molecule has 34 heavy (non-hydrogen) atoms. The molecule has 0 saturated heterocycles. The first kappa shape index (κ1) is 21.9. The number of nitrogens with one attached hydrogen (secondary N) is 1. The van der Waals surface area contributed by atoms with Crippen LogP contribution in [0, 0.1) is 0 Å². The largest absolute Gasteiger partial charge is 0.324 e. The maximum absolute atomic E-state index is 12.9. The number of carbonyl (C=O) groups is 1. The lowest BCUT2D eigenvalue weighted by Gasteiger charge is -2.24. The van der Waals surface area contributed by atoms with E-state index in [0.717, 1.165) is 27.9 Å². The summed E-state index contributed by atoms with van der Waals surface area (Å²) in [6.45, 7) is 1.68. The van der Waals surface area contributed by atoms with Gasteiger partial charge in [0.15, 0.2) is 0 Å². The van der Waals surface area contributed by atoms with Crippen molar-refractivity contribution in [1.29, 1.82) is 0 Å². The molecule has 0 bridgehead atoms. The predicted octanol–water partition coefficient (Wildman–Crippen LogP) is 4.87. The highest BCUT2D eigenvalue weighted by atomic mass is 35.5. The Morgan fingerprint density at radius 2 is 1.76 bits per heavy atom. The number of amides is 1. The summed E-state index contributed by atoms with van der Waals surface area (Å²) in [6.07, 6.45) is 9.58. The molecule has 0 aliphatic carbocycles. The molecule has 3 aromatic heterocycles. The number of carbonyl (C=O) groups excluding carboxylic acids is 1. The summed E-state index contributed by atoms with van der Waals surface area (Å²) in [5.41, 5.74) is 11.3. The summed E-state index contributed by atoms with van der Waals surface area (Å²) in [5.74, 6) is -0.310. The average Bonchev–Trinajstić information content (AvgIpc) is 3.46. The summed E-state index contributed by atoms with van der Waals surface area (Å²) >= 11 is 5.95. The number of anilines is 1. The van der Waals surface area contributed by atoms with Gasteiger partial charge in [-0.05, 0) is 42.8 Å². The van der Waals surface area contributed by atoms with E-state index in [1.54, 1.807) is 42.1 Å². The Morgan fingerprint density at radius 3 is 2.44 bits per heavy atom. The minimum atomic E-state index is -1.20. The maximum atomic E-state index is 12.9. The number of aromatic nitrogens is 4. The zero-order chi connectivity index (χ0) is 23.9. The molecule has 2 aromatic carbocycles. The Kier molecular flexibility index (Phi) is 5.43. The van der Waals surface area contributed by atoms with E-state index < -0.39 is 5.54 Å². The molecule has 0 aliphatic rings. The SMILES string of the molecule is Cn1cc(-c2cc3c(-c4ccc(NC(=O)[C@](C)(N)c5ccc(Cl)cc5)cc4)nccn3c2)cn1. The van der Waals surface area contributed by atoms with Crippen LogP contribution in [0.4, 0.5) is 5.69 Å². The van der Waals surface area contributed by atoms with E-state index in [4.69, 9.17) is 17.3 Å². The number of halogens is 1. The van der Waals surface area contributed by atoms with Crippen molar-refractivity contribution in [3.05, 3.63) is 96.2 Å². The molecule has 8 heteroatoms. The minimum Gasteiger partial charge on any atom is -0.324 e. The predicted molar refractivity (Wildman–Crippen MR) is 134 cm³/mol. The van der Waals surface area contributed by atoms with E-state index in [9.17, 15) is 4.79 Å². The lowest BCUT2D eigenvalue weighted by Crippen LogP contribution is -2.45. The van der Waals surface area contributed by atoms with Gasteiger partial charge in [0.1, 0.15) is 5.54 Å². The van der Waals surface area contributed by atoms with Gasteiger partial charge < -0.3 is 15.5 Å². The summed E-state index contributed by atoms with van der Waals surface area (Å²) in [5, 5.41) is 7.76. The second-order valence-electron chi connectivity index (χ2n) is 8.44. The molecular formula is C26H23ClN6O. The van der Waals surface area contributed by atoms with Crippen LogP contribution in [0.1, 0.15) is 12.5 Å². The zero-order valence-corrected chi connectivity index (χ0v) is 19.5. The van der Waals surface area contributed by atoms with E-state index in [-0.39, 0.29) is 5.91 Å². The van der Waals surface area contributed by atoms with Gasteiger partial charge in [-0.1, -0.05) is 35.9 Å². The van der Waals surface area contributed by atoms with Crippen molar-refractivity contribution in [3.8, 4) is 22.4 Å². The third kappa shape index (κ3) is 4.07. The van der Waals surface area contributed by atoms with E-state index in [1.165, 1.54) is 0 Å². The van der Waals surface area contributed by atoms with Gasteiger partial charge >= 0.3 is 0 Å². The van der Waals surface area contributed by atoms with Crippen molar-refractivity contribution < 1.29 is 4.79 Å². The van der Waals surface area contributed by atoms with Gasteiger partial charge in [-0.15, -0.1) is 0 Å². The molecule has 7 nitrogen and oxygen atoms in total. The molecule has 3 N–H and O–H groups in total. The number of hydrogen-bond acceptors (Lipinski definition) is 4. The lowest BCUT2D eigenvalue weighted by molar-refractivity contribution is -0.120. The molecule has 0 spiro atoms. The van der Waals surface area contributed by atoms with Crippen LogP contribution < -0.4 is 11.1 Å². The topological polar surface area (TPSA) is 90.2 Å². The smallest absolute Gasteiger partial charge is 0.248 e. The molecule has 0 aliphatic heterocycles. The summed E-state index contributed by atoms with van der Waals surface area (Å²) in [4.78, 5) is 17.5. The Bertz CT molecular complexity index is 1480. The minimum absolute atomic E-state index is 0.310. The van der Waals surface area contributed by atoms with Crippen LogP contribution in [-0.2, 0) is 17.4 Å². The van der Waals surface area contributed by atoms with Crippen LogP contribution in [-0.4, -0.2) is 25.1 Å². The van der Waals surface area contributed by atoms with Gasteiger partial charge in [-0.2, -0.15) is 5.10 Å². The summed E-state index contributed by atoms with van der Waals surface area (Å²) in [6, 6.07) is 16.6. The van der Waals surface area contributed by atoms with Crippen molar-refractivity contribution in [3.63, 3.8) is 0 Å². The number of nitrogens with zero attached hydrogens (tertiary/aromatic N) is 4. The quantitative estimate of drug-likeness (QED) is 0.383. The van der Waals surface area contributed by atoms with E-state index in [0.29, 0.717) is 16.3 Å². The zero-order valence-electron chi connectivity index (χ0n) is 18.7. The van der Waals surface area contributed by atoms with Gasteiger partial charge in [-0.25, -0.2) is 0 Å². The fraction of sp³-hybridized carbons (Fsp3) is 0.115. The van der Waals surface area contributed by atoms with Crippen molar-refractivity contribution in [2.75, 3.05) is 5.32 Å². The summed E-state index contributed by atoms with van der Waals surface area (Å²) < 4.78 is 3.83. The molecule has 5 aromatic rings. The Balaban J connectivity index is 1.39.